The molecule has 1 fully saturated rings. The van der Waals surface area contributed by atoms with E-state index in [4.69, 9.17) is 21.7 Å². The molecule has 3 rings (SSSR count). The summed E-state index contributed by atoms with van der Waals surface area (Å²) in [5.74, 6) is -10.2. The van der Waals surface area contributed by atoms with E-state index in [-0.39, 0.29) is 56.1 Å². The van der Waals surface area contributed by atoms with Crippen molar-refractivity contribution in [3.63, 3.8) is 0 Å². The number of hydrogen-bond acceptors (Lipinski definition) is 14. The van der Waals surface area contributed by atoms with E-state index in [2.05, 4.69) is 26.6 Å². The fourth-order valence-electron chi connectivity index (χ4n) is 6.25. The highest BCUT2D eigenvalue weighted by Crippen LogP contribution is 2.44. The number of piperidine rings is 1. The second-order valence-corrected chi connectivity index (χ2v) is 16.4. The van der Waals surface area contributed by atoms with Gasteiger partial charge in [-0.15, -0.1) is 0 Å². The van der Waals surface area contributed by atoms with E-state index in [0.29, 0.717) is 11.1 Å². The first-order chi connectivity index (χ1) is 29.0. The van der Waals surface area contributed by atoms with E-state index in [9.17, 15) is 53.4 Å². The van der Waals surface area contributed by atoms with Gasteiger partial charge in [0.1, 0.15) is 43.0 Å². The maximum absolute atomic E-state index is 14.8. The van der Waals surface area contributed by atoms with Crippen molar-refractivity contribution in [2.45, 2.75) is 60.4 Å². The quantitative estimate of drug-likeness (QED) is 0.0545. The second-order valence-electron chi connectivity index (χ2n) is 14.0. The standard InChI is InChI=1S/C39H51N7O13S2/c40-25(38(56)57)11-13-29(47)45-27(36(54)43-17-31(49)50)19-60-34(21-7-3-1-4-8-21)23-15-42-16-24(33(23)53)35(22-9-5-2-6-10-22)61-20-28(37(55)44-18-32(51)52)46-30(48)14-12-26(41)39(58)59/h1-10,23-28,34-35,42H,11-20,40-41H2,(H,43,54)(H,44,55)(H,45,47)(H,46,48)(H,49,50)(H,51,52)(H,56,57)(H,58,59)/t23?,24?,25-,26-,27+,28+,34?,35?/m1/s1. The minimum absolute atomic E-state index is 0.128. The molecule has 0 spiro atoms. The molecule has 0 bridgehead atoms. The average Bonchev–Trinajstić information content (AvgIpc) is 3.23. The Labute approximate surface area is 359 Å². The summed E-state index contributed by atoms with van der Waals surface area (Å²) in [6.45, 7) is -1.06. The summed E-state index contributed by atoms with van der Waals surface area (Å²) in [6.07, 6.45) is -1.12. The number of rotatable bonds is 26. The van der Waals surface area contributed by atoms with Crippen molar-refractivity contribution < 1.29 is 63.6 Å². The van der Waals surface area contributed by atoms with Crippen LogP contribution in [0.4, 0.5) is 0 Å². The zero-order chi connectivity index (χ0) is 45.1. The van der Waals surface area contributed by atoms with Crippen LogP contribution in [-0.4, -0.2) is 136 Å². The lowest BCUT2D eigenvalue weighted by Crippen LogP contribution is -2.51. The SMILES string of the molecule is N[C@H](CCC(=O)N[C@@H](CSC(c1ccccc1)C1CNCC(C(SC[C@H](NC(=O)CC[C@@H](N)C(=O)O)C(=O)NCC(=O)O)c2ccccc2)C1=O)C(=O)NCC(=O)O)C(=O)O. The van der Waals surface area contributed by atoms with E-state index in [1.165, 1.54) is 23.5 Å². The lowest BCUT2D eigenvalue weighted by Gasteiger charge is -2.38. The van der Waals surface area contributed by atoms with Gasteiger partial charge in [0.2, 0.25) is 23.6 Å². The minimum atomic E-state index is -1.33. The Morgan fingerprint density at radius 3 is 1.31 bits per heavy atom. The number of nitrogens with two attached hydrogens (primary N) is 2. The van der Waals surface area contributed by atoms with Crippen LogP contribution in [0.5, 0.6) is 0 Å². The average molecular weight is 890 g/mol. The monoisotopic (exact) mass is 889 g/mol. The van der Waals surface area contributed by atoms with Crippen molar-refractivity contribution in [1.82, 2.24) is 26.6 Å². The molecule has 1 aliphatic heterocycles. The van der Waals surface area contributed by atoms with Gasteiger partial charge < -0.3 is 58.5 Å². The fourth-order valence-corrected chi connectivity index (χ4v) is 9.14. The maximum Gasteiger partial charge on any atom is 0.322 e. The molecule has 13 N–H and O–H groups in total. The Balaban J connectivity index is 1.92. The van der Waals surface area contributed by atoms with E-state index < -0.39 is 107 Å². The van der Waals surface area contributed by atoms with Crippen LogP contribution >= 0.6 is 23.5 Å². The normalized spacial score (nSPS) is 17.9. The molecule has 20 nitrogen and oxygen atoms in total. The minimum Gasteiger partial charge on any atom is -0.480 e. The third kappa shape index (κ3) is 16.8. The molecule has 1 heterocycles. The first-order valence-corrected chi connectivity index (χ1v) is 21.2. The predicted molar refractivity (Wildman–Crippen MR) is 223 cm³/mol. The van der Waals surface area contributed by atoms with Gasteiger partial charge in [-0.25, -0.2) is 0 Å². The highest BCUT2D eigenvalue weighted by molar-refractivity contribution is 7.99. The number of carboxylic acids is 4. The van der Waals surface area contributed by atoms with Crippen LogP contribution in [0.25, 0.3) is 0 Å². The molecule has 22 heteroatoms. The number of Topliss-reactive ketones (excluding diaryl/α,β-unsaturated/α-hetero) is 1. The highest BCUT2D eigenvalue weighted by Gasteiger charge is 2.42. The summed E-state index contributed by atoms with van der Waals surface area (Å²) in [4.78, 5) is 112. The Bertz CT molecular complexity index is 1730. The fraction of sp³-hybridized carbons (Fsp3) is 0.462. The molecular weight excluding hydrogens is 839 g/mol. The molecule has 8 atom stereocenters. The first kappa shape index (κ1) is 49.8. The summed E-state index contributed by atoms with van der Waals surface area (Å²) in [5, 5.41) is 48.3. The Morgan fingerprint density at radius 2 is 0.984 bits per heavy atom. The second kappa shape index (κ2) is 25.3. The number of ketones is 1. The zero-order valence-corrected chi connectivity index (χ0v) is 34.5. The van der Waals surface area contributed by atoms with E-state index in [0.717, 1.165) is 0 Å². The predicted octanol–water partition coefficient (Wildman–Crippen LogP) is -0.904. The van der Waals surface area contributed by atoms with Crippen LogP contribution in [0.2, 0.25) is 0 Å². The van der Waals surface area contributed by atoms with Crippen LogP contribution in [0.15, 0.2) is 60.7 Å². The van der Waals surface area contributed by atoms with E-state index in [1.807, 2.05) is 0 Å². The summed E-state index contributed by atoms with van der Waals surface area (Å²) in [6, 6.07) is 12.6. The van der Waals surface area contributed by atoms with Crippen molar-refractivity contribution in [1.29, 1.82) is 0 Å². The molecular formula is C39H51N7O13S2. The molecule has 2 aromatic carbocycles. The summed E-state index contributed by atoms with van der Waals surface area (Å²) < 4.78 is 0. The van der Waals surface area contributed by atoms with Crippen molar-refractivity contribution in [3.8, 4) is 0 Å². The smallest absolute Gasteiger partial charge is 0.322 e. The molecule has 0 saturated carbocycles. The van der Waals surface area contributed by atoms with Gasteiger partial charge in [-0.1, -0.05) is 60.7 Å². The largest absolute Gasteiger partial charge is 0.480 e. The number of aliphatic carboxylic acids is 4. The van der Waals surface area contributed by atoms with E-state index in [1.54, 1.807) is 60.7 Å². The summed E-state index contributed by atoms with van der Waals surface area (Å²) in [7, 11) is 0. The topological polar surface area (TPSA) is 347 Å². The molecule has 4 unspecified atom stereocenters. The molecule has 1 aliphatic rings. The van der Waals surface area contributed by atoms with Gasteiger partial charge in [-0.05, 0) is 24.0 Å². The lowest BCUT2D eigenvalue weighted by atomic mass is 9.81. The number of carbonyl (C=O) groups is 9. The lowest BCUT2D eigenvalue weighted by molar-refractivity contribution is -0.140. The Hall–Kier alpha value is -5.55. The Kier molecular flexibility index (Phi) is 20.6. The third-order valence-electron chi connectivity index (χ3n) is 9.46. The number of carboxylic acid groups (broad SMARTS) is 4. The van der Waals surface area contributed by atoms with Gasteiger partial charge in [0, 0.05) is 59.8 Å². The van der Waals surface area contributed by atoms with Gasteiger partial charge in [0.05, 0.1) is 0 Å². The number of benzene rings is 2. The molecule has 1 saturated heterocycles. The number of hydrogen-bond donors (Lipinski definition) is 11. The van der Waals surface area contributed by atoms with Crippen LogP contribution in [0, 0.1) is 11.8 Å². The van der Waals surface area contributed by atoms with Crippen molar-refractivity contribution in [2.24, 2.45) is 23.3 Å². The van der Waals surface area contributed by atoms with Crippen molar-refractivity contribution in [2.75, 3.05) is 37.7 Å². The molecule has 61 heavy (non-hydrogen) atoms. The first-order valence-electron chi connectivity index (χ1n) is 19.1. The van der Waals surface area contributed by atoms with Gasteiger partial charge in [0.25, 0.3) is 0 Å². The summed E-state index contributed by atoms with van der Waals surface area (Å²) in [5.41, 5.74) is 12.5. The van der Waals surface area contributed by atoms with Crippen LogP contribution in [0.1, 0.15) is 47.3 Å². The molecule has 0 aromatic heterocycles. The van der Waals surface area contributed by atoms with Crippen LogP contribution in [-0.2, 0) is 43.2 Å². The van der Waals surface area contributed by atoms with Gasteiger partial charge in [0.15, 0.2) is 0 Å². The molecule has 332 valence electrons. The van der Waals surface area contributed by atoms with Gasteiger partial charge in [-0.3, -0.25) is 43.2 Å². The van der Waals surface area contributed by atoms with Gasteiger partial charge in [-0.2, -0.15) is 23.5 Å². The number of nitrogens with one attached hydrogen (secondary N) is 5. The number of thioether (sulfide) groups is 2. The number of carbonyl (C=O) groups excluding carboxylic acids is 5. The third-order valence-corrected chi connectivity index (χ3v) is 12.4. The van der Waals surface area contributed by atoms with Gasteiger partial charge >= 0.3 is 23.9 Å². The Morgan fingerprint density at radius 1 is 0.623 bits per heavy atom. The van der Waals surface area contributed by atoms with Crippen molar-refractivity contribution >= 4 is 76.8 Å². The van der Waals surface area contributed by atoms with E-state index >= 15 is 0 Å². The molecule has 2 aromatic rings. The highest BCUT2D eigenvalue weighted by atomic mass is 32.2. The van der Waals surface area contributed by atoms with Crippen LogP contribution in [0.3, 0.4) is 0 Å². The number of amides is 4. The summed E-state index contributed by atoms with van der Waals surface area (Å²) >= 11 is 2.36. The maximum atomic E-state index is 14.8. The van der Waals surface area contributed by atoms with Crippen molar-refractivity contribution in [3.05, 3.63) is 71.8 Å². The zero-order valence-electron chi connectivity index (χ0n) is 32.9. The molecule has 4 amide bonds. The van der Waals surface area contributed by atoms with Crippen LogP contribution < -0.4 is 38.1 Å². The molecule has 0 radical (unpaired) electrons. The molecule has 0 aliphatic carbocycles.